The number of nitrogens with zero attached hydrogens (tertiary/aromatic N) is 2. The number of hydrogen-bond donors (Lipinski definition) is 1. The van der Waals surface area contributed by atoms with E-state index in [1.54, 1.807) is 13.8 Å². The zero-order valence-electron chi connectivity index (χ0n) is 17.4. The molecule has 0 radical (unpaired) electrons. The van der Waals surface area contributed by atoms with Gasteiger partial charge < -0.3 is 9.84 Å². The summed E-state index contributed by atoms with van der Waals surface area (Å²) in [7, 11) is -3.67. The number of sulfonamides is 1. The Bertz CT molecular complexity index is 944. The summed E-state index contributed by atoms with van der Waals surface area (Å²) in [6.07, 6.45) is 1.74. The van der Waals surface area contributed by atoms with E-state index < -0.39 is 15.6 Å². The zero-order chi connectivity index (χ0) is 21.2. The second-order valence-corrected chi connectivity index (χ2v) is 9.75. The minimum absolute atomic E-state index is 0.0208. The van der Waals surface area contributed by atoms with Crippen LogP contribution >= 0.6 is 0 Å². The van der Waals surface area contributed by atoms with E-state index in [2.05, 4.69) is 10.5 Å². The quantitative estimate of drug-likeness (QED) is 0.777. The van der Waals surface area contributed by atoms with E-state index in [1.165, 1.54) is 4.31 Å². The molecule has 1 saturated heterocycles. The van der Waals surface area contributed by atoms with Crippen LogP contribution < -0.4 is 5.32 Å². The number of aromatic nitrogens is 1. The summed E-state index contributed by atoms with van der Waals surface area (Å²) in [5.74, 6) is 0.0669. The van der Waals surface area contributed by atoms with Crippen LogP contribution in [0.2, 0.25) is 0 Å². The van der Waals surface area contributed by atoms with Crippen LogP contribution in [0.3, 0.4) is 0 Å². The van der Waals surface area contributed by atoms with Crippen molar-refractivity contribution in [3.63, 3.8) is 0 Å². The first-order valence-electron chi connectivity index (χ1n) is 9.99. The topological polar surface area (TPSA) is 92.5 Å². The highest BCUT2D eigenvalue weighted by Gasteiger charge is 2.37. The zero-order valence-corrected chi connectivity index (χ0v) is 18.3. The van der Waals surface area contributed by atoms with Gasteiger partial charge in [0.05, 0.1) is 5.54 Å². The van der Waals surface area contributed by atoms with Crippen LogP contribution in [0.5, 0.6) is 0 Å². The van der Waals surface area contributed by atoms with Crippen molar-refractivity contribution in [3.05, 3.63) is 47.3 Å². The van der Waals surface area contributed by atoms with Gasteiger partial charge in [0.1, 0.15) is 10.6 Å². The lowest BCUT2D eigenvalue weighted by Gasteiger charge is -2.35. The molecule has 158 valence electrons. The number of aryl methyl sites for hydroxylation is 2. The third-order valence-corrected chi connectivity index (χ3v) is 8.05. The largest absolute Gasteiger partial charge is 0.360 e. The average Bonchev–Trinajstić information content (AvgIpc) is 3.07. The number of carbonyl (C=O) groups excluding carboxylic acids is 1. The Morgan fingerprint density at radius 1 is 1.24 bits per heavy atom. The van der Waals surface area contributed by atoms with Gasteiger partial charge >= 0.3 is 0 Å². The molecule has 3 rings (SSSR count). The highest BCUT2D eigenvalue weighted by molar-refractivity contribution is 7.89. The van der Waals surface area contributed by atoms with E-state index in [1.807, 2.05) is 44.2 Å². The van der Waals surface area contributed by atoms with E-state index in [-0.39, 0.29) is 16.7 Å². The van der Waals surface area contributed by atoms with E-state index in [4.69, 9.17) is 4.52 Å². The summed E-state index contributed by atoms with van der Waals surface area (Å²) >= 11 is 0. The molecule has 1 N–H and O–H groups in total. The van der Waals surface area contributed by atoms with Gasteiger partial charge in [0.2, 0.25) is 15.9 Å². The van der Waals surface area contributed by atoms with Crippen molar-refractivity contribution in [3.8, 4) is 0 Å². The maximum atomic E-state index is 13.0. The van der Waals surface area contributed by atoms with Crippen LogP contribution in [0.4, 0.5) is 0 Å². The molecule has 2 heterocycles. The lowest BCUT2D eigenvalue weighted by molar-refractivity contribution is -0.128. The van der Waals surface area contributed by atoms with Gasteiger partial charge in [-0.3, -0.25) is 4.79 Å². The van der Waals surface area contributed by atoms with E-state index in [0.29, 0.717) is 37.4 Å². The number of carbonyl (C=O) groups is 1. The molecule has 2 aromatic rings. The molecule has 29 heavy (non-hydrogen) atoms. The SMILES string of the molecule is CCC(C)(NC(=O)C1CCN(S(=O)(=O)c2c(C)noc2C)CC1)c1ccccc1. The molecule has 1 amide bonds. The molecule has 0 bridgehead atoms. The minimum Gasteiger partial charge on any atom is -0.360 e. The highest BCUT2D eigenvalue weighted by Crippen LogP contribution is 2.29. The molecule has 0 saturated carbocycles. The van der Waals surface area contributed by atoms with E-state index in [9.17, 15) is 13.2 Å². The Hall–Kier alpha value is -2.19. The number of rotatable bonds is 6. The lowest BCUT2D eigenvalue weighted by atomic mass is 9.87. The fraction of sp³-hybridized carbons (Fsp3) is 0.524. The predicted octanol–water partition coefficient (Wildman–Crippen LogP) is 3.13. The summed E-state index contributed by atoms with van der Waals surface area (Å²) in [5, 5.41) is 6.95. The van der Waals surface area contributed by atoms with Gasteiger partial charge in [0.25, 0.3) is 0 Å². The van der Waals surface area contributed by atoms with Gasteiger partial charge in [-0.05, 0) is 45.6 Å². The van der Waals surface area contributed by atoms with Gasteiger partial charge in [0.15, 0.2) is 5.76 Å². The molecule has 1 fully saturated rings. The fourth-order valence-electron chi connectivity index (χ4n) is 3.87. The van der Waals surface area contributed by atoms with Crippen LogP contribution in [-0.2, 0) is 20.4 Å². The van der Waals surface area contributed by atoms with Crippen LogP contribution in [0.15, 0.2) is 39.8 Å². The Kier molecular flexibility index (Phi) is 6.14. The number of amides is 1. The van der Waals surface area contributed by atoms with E-state index >= 15 is 0 Å². The normalized spacial score (nSPS) is 18.3. The molecule has 7 nitrogen and oxygen atoms in total. The van der Waals surface area contributed by atoms with Gasteiger partial charge in [0, 0.05) is 19.0 Å². The average molecular weight is 420 g/mol. The lowest BCUT2D eigenvalue weighted by Crippen LogP contribution is -2.48. The van der Waals surface area contributed by atoms with Crippen LogP contribution in [0.25, 0.3) is 0 Å². The smallest absolute Gasteiger partial charge is 0.248 e. The standard InChI is InChI=1S/C21H29N3O4S/c1-5-21(4,18-9-7-6-8-10-18)22-20(25)17-11-13-24(14-12-17)29(26,27)19-15(2)23-28-16(19)3/h6-10,17H,5,11-14H2,1-4H3,(H,22,25). The Morgan fingerprint density at radius 3 is 2.38 bits per heavy atom. The Morgan fingerprint density at radius 2 is 1.86 bits per heavy atom. The minimum atomic E-state index is -3.67. The monoisotopic (exact) mass is 419 g/mol. The first-order valence-corrected chi connectivity index (χ1v) is 11.4. The maximum absolute atomic E-state index is 13.0. The van der Waals surface area contributed by atoms with Crippen molar-refractivity contribution in [2.75, 3.05) is 13.1 Å². The second-order valence-electron chi connectivity index (χ2n) is 7.87. The van der Waals surface area contributed by atoms with Crippen molar-refractivity contribution in [1.29, 1.82) is 0 Å². The number of hydrogen-bond acceptors (Lipinski definition) is 5. The van der Waals surface area contributed by atoms with Crippen molar-refractivity contribution >= 4 is 15.9 Å². The summed E-state index contributed by atoms with van der Waals surface area (Å²) < 4.78 is 32.4. The Balaban J connectivity index is 1.67. The molecular formula is C21H29N3O4S. The van der Waals surface area contributed by atoms with Gasteiger partial charge in [-0.15, -0.1) is 0 Å². The van der Waals surface area contributed by atoms with Crippen molar-refractivity contribution < 1.29 is 17.7 Å². The Labute approximate surface area is 172 Å². The highest BCUT2D eigenvalue weighted by atomic mass is 32.2. The molecule has 1 aromatic heterocycles. The fourth-order valence-corrected chi connectivity index (χ4v) is 5.64. The summed E-state index contributed by atoms with van der Waals surface area (Å²) in [6.45, 7) is 7.90. The van der Waals surface area contributed by atoms with Crippen LogP contribution in [0.1, 0.15) is 50.1 Å². The van der Waals surface area contributed by atoms with Crippen molar-refractivity contribution in [2.45, 2.75) is 57.4 Å². The molecular weight excluding hydrogens is 390 g/mol. The third-order valence-electron chi connectivity index (χ3n) is 5.91. The van der Waals surface area contributed by atoms with Crippen molar-refractivity contribution in [2.24, 2.45) is 5.92 Å². The molecule has 1 aromatic carbocycles. The second kappa shape index (κ2) is 8.28. The molecule has 1 unspecified atom stereocenters. The van der Waals surface area contributed by atoms with Crippen LogP contribution in [-0.4, -0.2) is 36.9 Å². The first-order chi connectivity index (χ1) is 13.7. The summed E-state index contributed by atoms with van der Waals surface area (Å²) in [4.78, 5) is 13.1. The molecule has 1 atom stereocenters. The first kappa shape index (κ1) is 21.5. The van der Waals surface area contributed by atoms with E-state index in [0.717, 1.165) is 12.0 Å². The van der Waals surface area contributed by atoms with Gasteiger partial charge in [-0.1, -0.05) is 42.4 Å². The molecule has 0 aliphatic carbocycles. The van der Waals surface area contributed by atoms with Crippen molar-refractivity contribution in [1.82, 2.24) is 14.8 Å². The maximum Gasteiger partial charge on any atom is 0.248 e. The molecule has 1 aliphatic rings. The number of piperidine rings is 1. The molecule has 8 heteroatoms. The molecule has 0 spiro atoms. The predicted molar refractivity (Wildman–Crippen MR) is 110 cm³/mol. The number of nitrogens with one attached hydrogen (secondary N) is 1. The third kappa shape index (κ3) is 4.23. The van der Waals surface area contributed by atoms with Crippen LogP contribution in [0, 0.1) is 19.8 Å². The van der Waals surface area contributed by atoms with Gasteiger partial charge in [-0.2, -0.15) is 4.31 Å². The molecule has 1 aliphatic heterocycles. The summed E-state index contributed by atoms with van der Waals surface area (Å²) in [6, 6.07) is 9.92. The summed E-state index contributed by atoms with van der Waals surface area (Å²) in [5.41, 5.74) is 0.983. The van der Waals surface area contributed by atoms with Gasteiger partial charge in [-0.25, -0.2) is 8.42 Å². The number of benzene rings is 1.